The summed E-state index contributed by atoms with van der Waals surface area (Å²) in [4.78, 5) is 17.7. The molecule has 0 saturated carbocycles. The molecule has 1 unspecified atom stereocenters. The zero-order chi connectivity index (χ0) is 16.6. The van der Waals surface area contributed by atoms with Crippen molar-refractivity contribution in [1.29, 1.82) is 0 Å². The molecule has 0 aliphatic heterocycles. The Hall–Kier alpha value is -2.17. The Balaban J connectivity index is 2.43. The smallest absolute Gasteiger partial charge is 0.267 e. The van der Waals surface area contributed by atoms with Crippen molar-refractivity contribution in [2.75, 3.05) is 0 Å². The van der Waals surface area contributed by atoms with E-state index in [2.05, 4.69) is 4.98 Å². The molecule has 1 aromatic heterocycles. The van der Waals surface area contributed by atoms with Gasteiger partial charge in [-0.1, -0.05) is 49.7 Å². The van der Waals surface area contributed by atoms with E-state index in [4.69, 9.17) is 17.3 Å². The van der Waals surface area contributed by atoms with Gasteiger partial charge in [0.15, 0.2) is 0 Å². The number of aromatic nitrogens is 2. The van der Waals surface area contributed by atoms with Gasteiger partial charge in [-0.3, -0.25) is 9.36 Å². The van der Waals surface area contributed by atoms with E-state index in [-0.39, 0.29) is 17.5 Å². The van der Waals surface area contributed by atoms with Gasteiger partial charge in [-0.25, -0.2) is 4.98 Å². The first-order chi connectivity index (χ1) is 11.0. The summed E-state index contributed by atoms with van der Waals surface area (Å²) in [5, 5.41) is 0.812. The standard InChI is InChI=1S/C18H18ClN3O/c1-11(2)16(20)17-21-14-10-6-9-13(19)15(14)18(23)22(17)12-7-4-3-5-8-12/h3-11,16H,20H2,1-2H3. The van der Waals surface area contributed by atoms with E-state index in [1.165, 1.54) is 0 Å². The molecule has 4 nitrogen and oxygen atoms in total. The number of hydrogen-bond donors (Lipinski definition) is 1. The molecule has 2 N–H and O–H groups in total. The predicted octanol–water partition coefficient (Wildman–Crippen LogP) is 3.69. The minimum Gasteiger partial charge on any atom is -0.321 e. The topological polar surface area (TPSA) is 60.9 Å². The van der Waals surface area contributed by atoms with Gasteiger partial charge in [-0.2, -0.15) is 0 Å². The van der Waals surface area contributed by atoms with Crippen LogP contribution in [0.2, 0.25) is 5.02 Å². The summed E-state index contributed by atoms with van der Waals surface area (Å²) in [6, 6.07) is 14.3. The van der Waals surface area contributed by atoms with E-state index < -0.39 is 0 Å². The zero-order valence-electron chi connectivity index (χ0n) is 13.0. The molecule has 5 heteroatoms. The van der Waals surface area contributed by atoms with Crippen LogP contribution >= 0.6 is 11.6 Å². The van der Waals surface area contributed by atoms with Crippen molar-refractivity contribution >= 4 is 22.5 Å². The van der Waals surface area contributed by atoms with Gasteiger partial charge in [0, 0.05) is 0 Å². The highest BCUT2D eigenvalue weighted by Gasteiger charge is 2.21. The van der Waals surface area contributed by atoms with Crippen LogP contribution in [0.25, 0.3) is 16.6 Å². The molecule has 0 radical (unpaired) electrons. The minimum atomic E-state index is -0.355. The predicted molar refractivity (Wildman–Crippen MR) is 94.1 cm³/mol. The minimum absolute atomic E-state index is 0.147. The van der Waals surface area contributed by atoms with Crippen LogP contribution in [0.15, 0.2) is 53.3 Å². The monoisotopic (exact) mass is 327 g/mol. The molecule has 23 heavy (non-hydrogen) atoms. The Morgan fingerprint density at radius 3 is 2.43 bits per heavy atom. The molecule has 3 rings (SSSR count). The van der Waals surface area contributed by atoms with E-state index in [1.54, 1.807) is 22.8 Å². The summed E-state index contributed by atoms with van der Waals surface area (Å²) in [7, 11) is 0. The molecule has 0 aliphatic carbocycles. The number of hydrogen-bond acceptors (Lipinski definition) is 3. The summed E-state index contributed by atoms with van der Waals surface area (Å²) in [5.41, 5.74) is 7.43. The van der Waals surface area contributed by atoms with Gasteiger partial charge in [0.25, 0.3) is 5.56 Å². The van der Waals surface area contributed by atoms with Crippen molar-refractivity contribution in [2.45, 2.75) is 19.9 Å². The molecule has 3 aromatic rings. The van der Waals surface area contributed by atoms with Gasteiger partial charge in [-0.15, -0.1) is 0 Å². The number of rotatable bonds is 3. The van der Waals surface area contributed by atoms with Gasteiger partial charge < -0.3 is 5.73 Å². The molecule has 0 saturated heterocycles. The fraction of sp³-hybridized carbons (Fsp3) is 0.222. The Morgan fingerprint density at radius 1 is 1.09 bits per heavy atom. The lowest BCUT2D eigenvalue weighted by Gasteiger charge is -2.21. The number of fused-ring (bicyclic) bond motifs is 1. The van der Waals surface area contributed by atoms with E-state index in [9.17, 15) is 4.79 Å². The first-order valence-electron chi connectivity index (χ1n) is 7.53. The largest absolute Gasteiger partial charge is 0.321 e. The normalized spacial score (nSPS) is 12.7. The lowest BCUT2D eigenvalue weighted by atomic mass is 10.0. The van der Waals surface area contributed by atoms with Crippen LogP contribution in [0, 0.1) is 5.92 Å². The Kier molecular flexibility index (Phi) is 4.20. The molecule has 2 aromatic carbocycles. The molecule has 0 bridgehead atoms. The summed E-state index contributed by atoms with van der Waals surface area (Å²) >= 11 is 6.23. The van der Waals surface area contributed by atoms with Gasteiger partial charge >= 0.3 is 0 Å². The lowest BCUT2D eigenvalue weighted by Crippen LogP contribution is -2.30. The second-order valence-corrected chi connectivity index (χ2v) is 6.26. The van der Waals surface area contributed by atoms with Crippen molar-refractivity contribution in [2.24, 2.45) is 11.7 Å². The second-order valence-electron chi connectivity index (χ2n) is 5.85. The number of benzene rings is 2. The molecule has 0 aliphatic rings. The molecule has 118 valence electrons. The van der Waals surface area contributed by atoms with Crippen LogP contribution in [0.3, 0.4) is 0 Å². The fourth-order valence-corrected chi connectivity index (χ4v) is 2.81. The fourth-order valence-electron chi connectivity index (χ4n) is 2.56. The Morgan fingerprint density at radius 2 is 1.78 bits per heavy atom. The van der Waals surface area contributed by atoms with Crippen LogP contribution in [0.4, 0.5) is 0 Å². The second kappa shape index (κ2) is 6.14. The molecule has 0 spiro atoms. The van der Waals surface area contributed by atoms with Gasteiger partial charge in [0.05, 0.1) is 27.7 Å². The maximum Gasteiger partial charge on any atom is 0.267 e. The molecular formula is C18H18ClN3O. The highest BCUT2D eigenvalue weighted by Crippen LogP contribution is 2.24. The van der Waals surface area contributed by atoms with Crippen LogP contribution < -0.4 is 11.3 Å². The van der Waals surface area contributed by atoms with Crippen LogP contribution in [0.5, 0.6) is 0 Å². The van der Waals surface area contributed by atoms with E-state index in [0.29, 0.717) is 21.7 Å². The van der Waals surface area contributed by atoms with Crippen LogP contribution in [-0.2, 0) is 0 Å². The van der Waals surface area contributed by atoms with E-state index in [1.807, 2.05) is 44.2 Å². The molecule has 1 heterocycles. The highest BCUT2D eigenvalue weighted by atomic mass is 35.5. The Bertz CT molecular complexity index is 903. The quantitative estimate of drug-likeness (QED) is 0.798. The Labute approximate surface area is 139 Å². The highest BCUT2D eigenvalue weighted by molar-refractivity contribution is 6.35. The molecule has 0 fully saturated rings. The van der Waals surface area contributed by atoms with Crippen molar-refractivity contribution in [3.63, 3.8) is 0 Å². The maximum absolute atomic E-state index is 13.1. The summed E-state index contributed by atoms with van der Waals surface area (Å²) in [6.07, 6.45) is 0. The zero-order valence-corrected chi connectivity index (χ0v) is 13.8. The third-order valence-electron chi connectivity index (χ3n) is 3.90. The van der Waals surface area contributed by atoms with Crippen LogP contribution in [0.1, 0.15) is 25.7 Å². The van der Waals surface area contributed by atoms with Gasteiger partial charge in [0.1, 0.15) is 5.82 Å². The van der Waals surface area contributed by atoms with Gasteiger partial charge in [0.2, 0.25) is 0 Å². The maximum atomic E-state index is 13.1. The average Bonchev–Trinajstić information content (AvgIpc) is 2.54. The lowest BCUT2D eigenvalue weighted by molar-refractivity contribution is 0.480. The number of halogens is 1. The van der Waals surface area contributed by atoms with Crippen molar-refractivity contribution in [1.82, 2.24) is 9.55 Å². The number of nitrogens with two attached hydrogens (primary N) is 1. The van der Waals surface area contributed by atoms with Crippen molar-refractivity contribution in [3.05, 3.63) is 69.7 Å². The third-order valence-corrected chi connectivity index (χ3v) is 4.22. The SMILES string of the molecule is CC(C)C(N)c1nc2cccc(Cl)c2c(=O)n1-c1ccccc1. The van der Waals surface area contributed by atoms with E-state index in [0.717, 1.165) is 5.69 Å². The van der Waals surface area contributed by atoms with Crippen molar-refractivity contribution < 1.29 is 0 Å². The molecule has 0 amide bonds. The number of para-hydroxylation sites is 1. The first kappa shape index (κ1) is 15.7. The van der Waals surface area contributed by atoms with Crippen molar-refractivity contribution in [3.8, 4) is 5.69 Å². The summed E-state index contributed by atoms with van der Waals surface area (Å²) < 4.78 is 1.57. The summed E-state index contributed by atoms with van der Waals surface area (Å²) in [6.45, 7) is 4.02. The van der Waals surface area contributed by atoms with Gasteiger partial charge in [-0.05, 0) is 30.2 Å². The molecule has 1 atom stereocenters. The average molecular weight is 328 g/mol. The number of nitrogens with zero attached hydrogens (tertiary/aromatic N) is 2. The molecular weight excluding hydrogens is 310 g/mol. The van der Waals surface area contributed by atoms with Crippen LogP contribution in [-0.4, -0.2) is 9.55 Å². The van der Waals surface area contributed by atoms with E-state index >= 15 is 0 Å². The third kappa shape index (κ3) is 2.76. The first-order valence-corrected chi connectivity index (χ1v) is 7.90. The summed E-state index contributed by atoms with van der Waals surface area (Å²) in [5.74, 6) is 0.694.